The minimum atomic E-state index is -0.403. The van der Waals surface area contributed by atoms with Gasteiger partial charge in [0.1, 0.15) is 11.4 Å². The van der Waals surface area contributed by atoms with Crippen LogP contribution in [0.5, 0.6) is 0 Å². The van der Waals surface area contributed by atoms with Gasteiger partial charge in [-0.15, -0.1) is 0 Å². The van der Waals surface area contributed by atoms with Crippen molar-refractivity contribution in [3.63, 3.8) is 0 Å². The van der Waals surface area contributed by atoms with Crippen LogP contribution >= 0.6 is 0 Å². The van der Waals surface area contributed by atoms with Crippen molar-refractivity contribution in [2.45, 2.75) is 25.4 Å². The number of benzene rings is 1. The molecule has 2 fully saturated rings. The Morgan fingerprint density at radius 3 is 2.25 bits per heavy atom. The maximum Gasteiger partial charge on any atom is 0.253 e. The third-order valence-electron chi connectivity index (χ3n) is 5.85. The lowest BCUT2D eigenvalue weighted by atomic mass is 10.0. The number of carbonyl (C=O) groups excluding carboxylic acids is 1. The van der Waals surface area contributed by atoms with Crippen molar-refractivity contribution in [2.75, 3.05) is 49.5 Å². The van der Waals surface area contributed by atoms with Crippen molar-refractivity contribution in [2.24, 2.45) is 0 Å². The smallest absolute Gasteiger partial charge is 0.253 e. The number of hydrogen-bond donors (Lipinski definition) is 1. The monoisotopic (exact) mass is 382 g/mol. The number of likely N-dealkylation sites (tertiary alicyclic amines) is 1. The first-order valence-electron chi connectivity index (χ1n) is 9.96. The Kier molecular flexibility index (Phi) is 5.43. The molecule has 0 aromatic heterocycles. The van der Waals surface area contributed by atoms with Crippen molar-refractivity contribution in [3.05, 3.63) is 56.3 Å². The van der Waals surface area contributed by atoms with E-state index in [1.165, 1.54) is 5.56 Å². The number of carbonyl (C=O) groups is 1. The van der Waals surface area contributed by atoms with Gasteiger partial charge >= 0.3 is 0 Å². The highest BCUT2D eigenvalue weighted by Crippen LogP contribution is 2.25. The van der Waals surface area contributed by atoms with Gasteiger partial charge in [0.2, 0.25) is 6.41 Å². The molecule has 1 N–H and O–H groups in total. The molecule has 7 heteroatoms. The molecule has 4 rings (SSSR count). The molecule has 0 radical (unpaired) electrons. The molecule has 2 heterocycles. The lowest BCUT2D eigenvalue weighted by Gasteiger charge is -2.37. The molecule has 148 valence electrons. The van der Waals surface area contributed by atoms with Crippen molar-refractivity contribution in [1.29, 1.82) is 0 Å². The van der Waals surface area contributed by atoms with Gasteiger partial charge in [-0.3, -0.25) is 19.3 Å². The number of nitrogens with one attached hydrogen (secondary N) is 1. The zero-order valence-corrected chi connectivity index (χ0v) is 16.0. The third-order valence-corrected chi connectivity index (χ3v) is 5.85. The van der Waals surface area contributed by atoms with Crippen LogP contribution in [0.1, 0.15) is 18.4 Å². The molecule has 2 aliphatic heterocycles. The topological polar surface area (TPSA) is 73.0 Å². The minimum absolute atomic E-state index is 0.213. The second-order valence-electron chi connectivity index (χ2n) is 7.69. The van der Waals surface area contributed by atoms with Crippen molar-refractivity contribution in [3.8, 4) is 0 Å². The van der Waals surface area contributed by atoms with Crippen LogP contribution in [0.15, 0.2) is 39.9 Å². The van der Waals surface area contributed by atoms with Gasteiger partial charge in [-0.2, -0.15) is 0 Å². The maximum atomic E-state index is 12.1. The summed E-state index contributed by atoms with van der Waals surface area (Å²) in [6.45, 7) is 5.23. The van der Waals surface area contributed by atoms with E-state index in [-0.39, 0.29) is 6.04 Å². The van der Waals surface area contributed by atoms with Gasteiger partial charge in [0, 0.05) is 51.9 Å². The average molecular weight is 382 g/mol. The number of anilines is 2. The molecule has 0 bridgehead atoms. The second-order valence-corrected chi connectivity index (χ2v) is 7.69. The molecule has 0 spiro atoms. The van der Waals surface area contributed by atoms with E-state index in [0.717, 1.165) is 38.9 Å². The first-order valence-corrected chi connectivity index (χ1v) is 9.96. The van der Waals surface area contributed by atoms with E-state index in [2.05, 4.69) is 34.5 Å². The normalized spacial score (nSPS) is 19.1. The van der Waals surface area contributed by atoms with Gasteiger partial charge in [0.15, 0.2) is 0 Å². The zero-order valence-electron chi connectivity index (χ0n) is 16.0. The fourth-order valence-electron chi connectivity index (χ4n) is 4.15. The van der Waals surface area contributed by atoms with Crippen LogP contribution in [-0.2, 0) is 11.3 Å². The standard InChI is InChI=1S/C21H26N4O3/c26-15-24-10-12-25(13-11-24)19-18(20(27)21(19)28)22-17-6-8-23(9-7-17)14-16-4-2-1-3-5-16/h1-5,15,17,22H,6-14H2. The highest BCUT2D eigenvalue weighted by Gasteiger charge is 2.30. The summed E-state index contributed by atoms with van der Waals surface area (Å²) in [6, 6.07) is 10.7. The summed E-state index contributed by atoms with van der Waals surface area (Å²) >= 11 is 0. The first-order chi connectivity index (χ1) is 13.7. The molecule has 2 aliphatic rings. The number of piperazine rings is 1. The van der Waals surface area contributed by atoms with E-state index in [0.29, 0.717) is 37.6 Å². The fourth-order valence-corrected chi connectivity index (χ4v) is 4.15. The Balaban J connectivity index is 1.33. The lowest BCUT2D eigenvalue weighted by Crippen LogP contribution is -2.52. The predicted molar refractivity (Wildman–Crippen MR) is 110 cm³/mol. The summed E-state index contributed by atoms with van der Waals surface area (Å²) in [5, 5.41) is 3.35. The molecule has 2 saturated heterocycles. The number of amides is 1. The number of nitrogens with zero attached hydrogens (tertiary/aromatic N) is 3. The second kappa shape index (κ2) is 8.14. The van der Waals surface area contributed by atoms with E-state index in [1.54, 1.807) is 4.90 Å². The quantitative estimate of drug-likeness (QED) is 0.584. The summed E-state index contributed by atoms with van der Waals surface area (Å²) < 4.78 is 0. The number of hydrogen-bond acceptors (Lipinski definition) is 6. The largest absolute Gasteiger partial charge is 0.377 e. The molecule has 0 atom stereocenters. The van der Waals surface area contributed by atoms with Crippen LogP contribution in [0.3, 0.4) is 0 Å². The molecular formula is C21H26N4O3. The molecule has 0 unspecified atom stereocenters. The third kappa shape index (κ3) is 3.80. The maximum absolute atomic E-state index is 12.1. The summed E-state index contributed by atoms with van der Waals surface area (Å²) in [5.41, 5.74) is 1.50. The van der Waals surface area contributed by atoms with Crippen LogP contribution in [0.4, 0.5) is 11.4 Å². The van der Waals surface area contributed by atoms with Crippen LogP contribution in [0.2, 0.25) is 0 Å². The van der Waals surface area contributed by atoms with E-state index in [4.69, 9.17) is 0 Å². The van der Waals surface area contributed by atoms with Crippen LogP contribution in [-0.4, -0.2) is 61.5 Å². The molecule has 0 aliphatic carbocycles. The van der Waals surface area contributed by atoms with Crippen molar-refractivity contribution in [1.82, 2.24) is 9.80 Å². The van der Waals surface area contributed by atoms with Gasteiger partial charge in [-0.05, 0) is 18.4 Å². The Morgan fingerprint density at radius 1 is 0.929 bits per heavy atom. The van der Waals surface area contributed by atoms with Gasteiger partial charge in [0.25, 0.3) is 10.9 Å². The molecule has 7 nitrogen and oxygen atoms in total. The lowest BCUT2D eigenvalue weighted by molar-refractivity contribution is -0.118. The van der Waals surface area contributed by atoms with Gasteiger partial charge in [0.05, 0.1) is 0 Å². The Labute approximate surface area is 164 Å². The summed E-state index contributed by atoms with van der Waals surface area (Å²) in [5.74, 6) is 0. The Bertz CT molecular complexity index is 875. The van der Waals surface area contributed by atoms with E-state index in [1.807, 2.05) is 11.0 Å². The summed E-state index contributed by atoms with van der Waals surface area (Å²) in [7, 11) is 0. The molecule has 2 aromatic carbocycles. The van der Waals surface area contributed by atoms with Crippen molar-refractivity contribution >= 4 is 17.8 Å². The van der Waals surface area contributed by atoms with Gasteiger partial charge < -0.3 is 15.1 Å². The summed E-state index contributed by atoms with van der Waals surface area (Å²) in [6.07, 6.45) is 2.73. The predicted octanol–water partition coefficient (Wildman–Crippen LogP) is 0.638. The van der Waals surface area contributed by atoms with Crippen molar-refractivity contribution < 1.29 is 4.79 Å². The molecule has 1 amide bonds. The average Bonchev–Trinajstić information content (AvgIpc) is 2.75. The Morgan fingerprint density at radius 2 is 1.61 bits per heavy atom. The molecule has 28 heavy (non-hydrogen) atoms. The number of rotatable bonds is 6. The fraction of sp³-hybridized carbons (Fsp3) is 0.476. The van der Waals surface area contributed by atoms with Crippen LogP contribution in [0.25, 0.3) is 0 Å². The summed E-state index contributed by atoms with van der Waals surface area (Å²) in [4.78, 5) is 41.2. The molecule has 2 aromatic rings. The zero-order chi connectivity index (χ0) is 19.5. The van der Waals surface area contributed by atoms with Crippen LogP contribution in [0, 0.1) is 0 Å². The number of piperidine rings is 1. The Hall–Kier alpha value is -2.67. The van der Waals surface area contributed by atoms with Crippen LogP contribution < -0.4 is 21.1 Å². The highest BCUT2D eigenvalue weighted by atomic mass is 16.2. The molecular weight excluding hydrogens is 356 g/mol. The minimum Gasteiger partial charge on any atom is -0.377 e. The molecule has 0 saturated carbocycles. The highest BCUT2D eigenvalue weighted by molar-refractivity contribution is 5.75. The van der Waals surface area contributed by atoms with E-state index >= 15 is 0 Å². The SMILES string of the molecule is O=CN1CCN(c2c(NC3CCN(Cc4ccccc4)CC3)c(=O)c2=O)CC1. The van der Waals surface area contributed by atoms with Gasteiger partial charge in [-0.25, -0.2) is 0 Å². The first kappa shape index (κ1) is 18.7. The van der Waals surface area contributed by atoms with E-state index in [9.17, 15) is 14.4 Å². The van der Waals surface area contributed by atoms with Gasteiger partial charge in [-0.1, -0.05) is 30.3 Å². The van der Waals surface area contributed by atoms with E-state index < -0.39 is 10.9 Å².